The Labute approximate surface area is 92.6 Å². The van der Waals surface area contributed by atoms with Crippen LogP contribution in [0.2, 0.25) is 0 Å². The van der Waals surface area contributed by atoms with Gasteiger partial charge in [0.25, 0.3) is 0 Å². The molecule has 0 bridgehead atoms. The fourth-order valence-electron chi connectivity index (χ4n) is 2.56. The van der Waals surface area contributed by atoms with Gasteiger partial charge in [-0.15, -0.1) is 0 Å². The maximum absolute atomic E-state index is 5.69. The number of hydrogen-bond acceptors (Lipinski definition) is 1. The van der Waals surface area contributed by atoms with Gasteiger partial charge in [0.1, 0.15) is 5.75 Å². The highest BCUT2D eigenvalue weighted by Crippen LogP contribution is 2.44. The van der Waals surface area contributed by atoms with Crippen LogP contribution in [0.3, 0.4) is 0 Å². The first-order chi connectivity index (χ1) is 6.77. The van der Waals surface area contributed by atoms with Gasteiger partial charge in [0.05, 0.1) is 6.61 Å². The molecular weight excluding hydrogens is 240 g/mol. The fourth-order valence-corrected chi connectivity index (χ4v) is 3.60. The molecule has 2 heteroatoms. The predicted molar refractivity (Wildman–Crippen MR) is 60.1 cm³/mol. The number of aryl methyl sites for hydroxylation is 1. The third-order valence-electron chi connectivity index (χ3n) is 3.31. The zero-order valence-electron chi connectivity index (χ0n) is 8.27. The Morgan fingerprint density at radius 3 is 3.14 bits per heavy atom. The van der Waals surface area contributed by atoms with Crippen LogP contribution in [0.25, 0.3) is 0 Å². The van der Waals surface area contributed by atoms with Crippen molar-refractivity contribution in [1.29, 1.82) is 0 Å². The van der Waals surface area contributed by atoms with Gasteiger partial charge in [-0.05, 0) is 36.5 Å². The van der Waals surface area contributed by atoms with Crippen molar-refractivity contribution >= 4 is 15.9 Å². The standard InChI is InChI=1S/C12H13BrO/c1-7-6-14-10-5-8-3-2-4-9(8)12(13)11(7)10/h5,7H,2-4,6H2,1H3. The molecule has 0 spiro atoms. The summed E-state index contributed by atoms with van der Waals surface area (Å²) in [5, 5.41) is 0. The second kappa shape index (κ2) is 2.99. The monoisotopic (exact) mass is 252 g/mol. The molecule has 0 radical (unpaired) electrons. The average Bonchev–Trinajstić information content (AvgIpc) is 2.74. The number of rotatable bonds is 0. The zero-order valence-corrected chi connectivity index (χ0v) is 9.86. The van der Waals surface area contributed by atoms with Crippen molar-refractivity contribution < 1.29 is 4.74 Å². The van der Waals surface area contributed by atoms with Crippen LogP contribution in [-0.2, 0) is 12.8 Å². The fraction of sp³-hybridized carbons (Fsp3) is 0.500. The van der Waals surface area contributed by atoms with Crippen LogP contribution in [-0.4, -0.2) is 6.61 Å². The van der Waals surface area contributed by atoms with E-state index < -0.39 is 0 Å². The first-order valence-electron chi connectivity index (χ1n) is 5.24. The van der Waals surface area contributed by atoms with E-state index in [0.717, 1.165) is 12.4 Å². The normalized spacial score (nSPS) is 23.1. The van der Waals surface area contributed by atoms with E-state index in [1.54, 1.807) is 0 Å². The summed E-state index contributed by atoms with van der Waals surface area (Å²) >= 11 is 3.74. The summed E-state index contributed by atoms with van der Waals surface area (Å²) in [6, 6.07) is 2.26. The van der Waals surface area contributed by atoms with Gasteiger partial charge in [-0.25, -0.2) is 0 Å². The van der Waals surface area contributed by atoms with Crippen molar-refractivity contribution in [3.05, 3.63) is 27.2 Å². The summed E-state index contributed by atoms with van der Waals surface area (Å²) in [5.41, 5.74) is 4.41. The molecule has 0 amide bonds. The number of hydrogen-bond donors (Lipinski definition) is 0. The van der Waals surface area contributed by atoms with Crippen LogP contribution in [0.4, 0.5) is 0 Å². The van der Waals surface area contributed by atoms with E-state index >= 15 is 0 Å². The molecule has 1 heterocycles. The van der Waals surface area contributed by atoms with Crippen LogP contribution in [0.5, 0.6) is 5.75 Å². The van der Waals surface area contributed by atoms with Crippen molar-refractivity contribution in [2.24, 2.45) is 0 Å². The Kier molecular flexibility index (Phi) is 1.88. The number of halogens is 1. The molecule has 0 saturated carbocycles. The quantitative estimate of drug-likeness (QED) is 0.688. The van der Waals surface area contributed by atoms with E-state index in [-0.39, 0.29) is 0 Å². The van der Waals surface area contributed by atoms with E-state index in [2.05, 4.69) is 28.9 Å². The van der Waals surface area contributed by atoms with Crippen molar-refractivity contribution in [2.75, 3.05) is 6.61 Å². The minimum Gasteiger partial charge on any atom is -0.493 e. The second-order valence-electron chi connectivity index (χ2n) is 4.31. The molecule has 3 rings (SSSR count). The highest BCUT2D eigenvalue weighted by atomic mass is 79.9. The van der Waals surface area contributed by atoms with Gasteiger partial charge < -0.3 is 4.74 Å². The molecule has 0 fully saturated rings. The number of benzene rings is 1. The molecule has 0 N–H and O–H groups in total. The van der Waals surface area contributed by atoms with Crippen molar-refractivity contribution in [3.8, 4) is 5.75 Å². The van der Waals surface area contributed by atoms with Crippen LogP contribution in [0.1, 0.15) is 36.0 Å². The third-order valence-corrected chi connectivity index (χ3v) is 4.22. The zero-order chi connectivity index (χ0) is 9.71. The average molecular weight is 253 g/mol. The molecule has 1 aliphatic carbocycles. The van der Waals surface area contributed by atoms with Gasteiger partial charge >= 0.3 is 0 Å². The molecule has 1 aromatic rings. The van der Waals surface area contributed by atoms with E-state index in [1.165, 1.54) is 40.4 Å². The summed E-state index contributed by atoms with van der Waals surface area (Å²) in [7, 11) is 0. The lowest BCUT2D eigenvalue weighted by Crippen LogP contribution is -1.95. The lowest BCUT2D eigenvalue weighted by Gasteiger charge is -2.09. The molecule has 14 heavy (non-hydrogen) atoms. The van der Waals surface area contributed by atoms with Gasteiger partial charge in [-0.3, -0.25) is 0 Å². The Bertz CT molecular complexity index is 398. The van der Waals surface area contributed by atoms with Gasteiger partial charge in [-0.2, -0.15) is 0 Å². The predicted octanol–water partition coefficient (Wildman–Crippen LogP) is 3.43. The second-order valence-corrected chi connectivity index (χ2v) is 5.10. The lowest BCUT2D eigenvalue weighted by molar-refractivity contribution is 0.337. The lowest BCUT2D eigenvalue weighted by atomic mass is 9.98. The molecule has 0 saturated heterocycles. The minimum absolute atomic E-state index is 0.547. The molecule has 74 valence electrons. The smallest absolute Gasteiger partial charge is 0.124 e. The first-order valence-corrected chi connectivity index (χ1v) is 6.03. The summed E-state index contributed by atoms with van der Waals surface area (Å²) in [4.78, 5) is 0. The van der Waals surface area contributed by atoms with Gasteiger partial charge in [-0.1, -0.05) is 22.9 Å². The van der Waals surface area contributed by atoms with Crippen molar-refractivity contribution in [2.45, 2.75) is 32.1 Å². The van der Waals surface area contributed by atoms with E-state index in [9.17, 15) is 0 Å². The highest BCUT2D eigenvalue weighted by molar-refractivity contribution is 9.10. The molecule has 0 aromatic heterocycles. The van der Waals surface area contributed by atoms with Crippen molar-refractivity contribution in [3.63, 3.8) is 0 Å². The van der Waals surface area contributed by atoms with Crippen LogP contribution in [0.15, 0.2) is 10.5 Å². The maximum Gasteiger partial charge on any atom is 0.124 e. The Balaban J connectivity index is 2.25. The van der Waals surface area contributed by atoms with E-state index in [4.69, 9.17) is 4.74 Å². The van der Waals surface area contributed by atoms with E-state index in [1.807, 2.05) is 0 Å². The van der Waals surface area contributed by atoms with Gasteiger partial charge in [0.15, 0.2) is 0 Å². The van der Waals surface area contributed by atoms with Crippen LogP contribution >= 0.6 is 15.9 Å². The number of ether oxygens (including phenoxy) is 1. The first kappa shape index (κ1) is 8.78. The molecule has 1 unspecified atom stereocenters. The van der Waals surface area contributed by atoms with Crippen LogP contribution in [0, 0.1) is 0 Å². The van der Waals surface area contributed by atoms with Crippen LogP contribution < -0.4 is 4.74 Å². The van der Waals surface area contributed by atoms with Gasteiger partial charge in [0, 0.05) is 16.0 Å². The largest absolute Gasteiger partial charge is 0.493 e. The molecule has 1 aliphatic heterocycles. The van der Waals surface area contributed by atoms with E-state index in [0.29, 0.717) is 5.92 Å². The SMILES string of the molecule is CC1COc2cc3c(c(Br)c21)CCC3. The molecule has 2 aliphatic rings. The molecule has 1 nitrogen and oxygen atoms in total. The Morgan fingerprint density at radius 2 is 2.29 bits per heavy atom. The molecular formula is C12H13BrO. The summed E-state index contributed by atoms with van der Waals surface area (Å²) < 4.78 is 7.01. The summed E-state index contributed by atoms with van der Waals surface area (Å²) in [6.45, 7) is 3.08. The molecule has 1 atom stereocenters. The van der Waals surface area contributed by atoms with Gasteiger partial charge in [0.2, 0.25) is 0 Å². The highest BCUT2D eigenvalue weighted by Gasteiger charge is 2.27. The summed E-state index contributed by atoms with van der Waals surface area (Å²) in [6.07, 6.45) is 3.75. The Morgan fingerprint density at radius 1 is 1.43 bits per heavy atom. The molecule has 1 aromatic carbocycles. The minimum atomic E-state index is 0.547. The number of fused-ring (bicyclic) bond motifs is 2. The van der Waals surface area contributed by atoms with Crippen molar-refractivity contribution in [1.82, 2.24) is 0 Å². The summed E-state index contributed by atoms with van der Waals surface area (Å²) in [5.74, 6) is 1.66. The maximum atomic E-state index is 5.69. The topological polar surface area (TPSA) is 9.23 Å². The third kappa shape index (κ3) is 1.07. The Hall–Kier alpha value is -0.500.